The van der Waals surface area contributed by atoms with Gasteiger partial charge in [-0.2, -0.15) is 0 Å². The van der Waals surface area contributed by atoms with Crippen LogP contribution in [0.4, 0.5) is 5.69 Å². The van der Waals surface area contributed by atoms with Gasteiger partial charge >= 0.3 is 0 Å². The highest BCUT2D eigenvalue weighted by atomic mass is 35.5. The molecule has 0 aromatic heterocycles. The highest BCUT2D eigenvalue weighted by Crippen LogP contribution is 2.30. The lowest BCUT2D eigenvalue weighted by Gasteiger charge is -2.43. The van der Waals surface area contributed by atoms with E-state index in [0.717, 1.165) is 39.1 Å². The quantitative estimate of drug-likeness (QED) is 0.850. The normalized spacial score (nSPS) is 24.3. The molecule has 2 aliphatic heterocycles. The number of piperazine rings is 1. The lowest BCUT2D eigenvalue weighted by atomic mass is 9.79. The maximum atomic E-state index is 6.31. The fraction of sp³-hybridized carbons (Fsp3) is 0.714. The van der Waals surface area contributed by atoms with Crippen molar-refractivity contribution in [3.05, 3.63) is 29.8 Å². The molecule has 1 aromatic carbocycles. The molecule has 0 saturated carbocycles. The zero-order valence-corrected chi connectivity index (χ0v) is 17.6. The molecule has 0 spiro atoms. The average molecular weight is 381 g/mol. The molecule has 0 aliphatic carbocycles. The van der Waals surface area contributed by atoms with Crippen LogP contribution in [0.15, 0.2) is 24.3 Å². The molecule has 148 valence electrons. The molecule has 0 bridgehead atoms. The molecule has 1 atom stereocenters. The molecule has 3 rings (SSSR count). The highest BCUT2D eigenvalue weighted by Gasteiger charge is 2.33. The van der Waals surface area contributed by atoms with E-state index in [-0.39, 0.29) is 17.8 Å². The second-order valence-electron chi connectivity index (χ2n) is 8.55. The second kappa shape index (κ2) is 9.41. The molecule has 0 amide bonds. The second-order valence-corrected chi connectivity index (χ2v) is 8.55. The molecular weight excluding hydrogens is 344 g/mol. The van der Waals surface area contributed by atoms with Crippen molar-refractivity contribution in [2.24, 2.45) is 11.1 Å². The topological polar surface area (TPSA) is 35.7 Å². The molecule has 2 saturated heterocycles. The summed E-state index contributed by atoms with van der Waals surface area (Å²) in [6, 6.07) is 9.33. The van der Waals surface area contributed by atoms with Crippen LogP contribution in [-0.2, 0) is 6.54 Å². The molecule has 0 radical (unpaired) electrons. The Balaban J connectivity index is 0.00000243. The fourth-order valence-electron chi connectivity index (χ4n) is 4.34. The molecule has 1 unspecified atom stereocenters. The molecule has 1 aromatic rings. The maximum Gasteiger partial charge on any atom is 0.0412 e. The number of halogens is 1. The third-order valence-corrected chi connectivity index (χ3v) is 6.03. The Morgan fingerprint density at radius 1 is 1.04 bits per heavy atom. The van der Waals surface area contributed by atoms with Crippen molar-refractivity contribution in [3.63, 3.8) is 0 Å². The minimum absolute atomic E-state index is 0. The van der Waals surface area contributed by atoms with Gasteiger partial charge in [0.15, 0.2) is 0 Å². The minimum atomic E-state index is 0. The molecule has 2 fully saturated rings. The van der Waals surface area contributed by atoms with Crippen molar-refractivity contribution in [2.45, 2.75) is 46.2 Å². The summed E-state index contributed by atoms with van der Waals surface area (Å²) in [4.78, 5) is 7.77. The number of nitrogens with zero attached hydrogens (tertiary/aromatic N) is 3. The number of nitrogens with two attached hydrogens (primary N) is 1. The average Bonchev–Trinajstić information content (AvgIpc) is 2.60. The summed E-state index contributed by atoms with van der Waals surface area (Å²) in [6.45, 7) is 16.0. The van der Waals surface area contributed by atoms with E-state index in [0.29, 0.717) is 6.04 Å². The first kappa shape index (κ1) is 21.5. The van der Waals surface area contributed by atoms with Gasteiger partial charge in [0.05, 0.1) is 0 Å². The third-order valence-electron chi connectivity index (χ3n) is 6.03. The van der Waals surface area contributed by atoms with Gasteiger partial charge in [0.2, 0.25) is 0 Å². The fourth-order valence-corrected chi connectivity index (χ4v) is 4.34. The van der Waals surface area contributed by atoms with E-state index in [4.69, 9.17) is 5.73 Å². The molecule has 2 heterocycles. The van der Waals surface area contributed by atoms with Crippen LogP contribution in [0, 0.1) is 5.41 Å². The van der Waals surface area contributed by atoms with Crippen molar-refractivity contribution < 1.29 is 0 Å². The van der Waals surface area contributed by atoms with E-state index in [1.807, 2.05) is 0 Å². The van der Waals surface area contributed by atoms with E-state index >= 15 is 0 Å². The summed E-state index contributed by atoms with van der Waals surface area (Å²) in [5.74, 6) is 0. The van der Waals surface area contributed by atoms with Gasteiger partial charge in [0.25, 0.3) is 0 Å². The van der Waals surface area contributed by atoms with E-state index < -0.39 is 0 Å². The summed E-state index contributed by atoms with van der Waals surface area (Å²) in [7, 11) is 0. The van der Waals surface area contributed by atoms with Crippen molar-refractivity contribution in [3.8, 4) is 0 Å². The standard InChI is InChI=1S/C21H36N4.ClH/c1-4-10-23-12-14-25(15-13-23)19-8-6-5-7-18(19)16-24-11-9-20(22)21(2,3)17-24;/h5-8,20H,4,9-17,22H2,1-3H3;1H. The summed E-state index contributed by atoms with van der Waals surface area (Å²) in [5, 5.41) is 0. The van der Waals surface area contributed by atoms with E-state index in [1.54, 1.807) is 0 Å². The summed E-state index contributed by atoms with van der Waals surface area (Å²) < 4.78 is 0. The lowest BCUT2D eigenvalue weighted by Crippen LogP contribution is -2.52. The summed E-state index contributed by atoms with van der Waals surface area (Å²) in [6.07, 6.45) is 2.36. The van der Waals surface area contributed by atoms with Crippen LogP contribution >= 0.6 is 12.4 Å². The van der Waals surface area contributed by atoms with Gasteiger partial charge in [0.1, 0.15) is 0 Å². The van der Waals surface area contributed by atoms with E-state index in [9.17, 15) is 0 Å². The SMILES string of the molecule is CCCN1CCN(c2ccccc2CN2CCC(N)C(C)(C)C2)CC1.Cl. The Labute approximate surface area is 166 Å². The first-order valence-corrected chi connectivity index (χ1v) is 10.0. The number of benzene rings is 1. The largest absolute Gasteiger partial charge is 0.369 e. The van der Waals surface area contributed by atoms with Crippen LogP contribution in [0.5, 0.6) is 0 Å². The monoisotopic (exact) mass is 380 g/mol. The van der Waals surface area contributed by atoms with Gasteiger partial charge in [0, 0.05) is 57.5 Å². The number of hydrogen-bond donors (Lipinski definition) is 1. The van der Waals surface area contributed by atoms with Crippen LogP contribution in [0.25, 0.3) is 0 Å². The Kier molecular flexibility index (Phi) is 7.77. The number of para-hydroxylation sites is 1. The Morgan fingerprint density at radius 2 is 1.73 bits per heavy atom. The van der Waals surface area contributed by atoms with Crippen LogP contribution in [0.2, 0.25) is 0 Å². The molecule has 2 N–H and O–H groups in total. The van der Waals surface area contributed by atoms with E-state index in [1.165, 1.54) is 37.3 Å². The minimum Gasteiger partial charge on any atom is -0.369 e. The van der Waals surface area contributed by atoms with Gasteiger partial charge in [-0.15, -0.1) is 12.4 Å². The number of hydrogen-bond acceptors (Lipinski definition) is 4. The predicted molar refractivity (Wildman–Crippen MR) is 114 cm³/mol. The van der Waals surface area contributed by atoms with Gasteiger partial charge in [-0.05, 0) is 36.4 Å². The van der Waals surface area contributed by atoms with Crippen LogP contribution < -0.4 is 10.6 Å². The first-order valence-electron chi connectivity index (χ1n) is 10.0. The highest BCUT2D eigenvalue weighted by molar-refractivity contribution is 5.85. The number of likely N-dealkylation sites (tertiary alicyclic amines) is 1. The van der Waals surface area contributed by atoms with Crippen molar-refractivity contribution in [1.29, 1.82) is 0 Å². The summed E-state index contributed by atoms with van der Waals surface area (Å²) >= 11 is 0. The predicted octanol–water partition coefficient (Wildman–Crippen LogP) is 3.20. The molecular formula is C21H37ClN4. The number of piperidine rings is 1. The van der Waals surface area contributed by atoms with Crippen molar-refractivity contribution in [1.82, 2.24) is 9.80 Å². The van der Waals surface area contributed by atoms with Crippen LogP contribution in [0.3, 0.4) is 0 Å². The van der Waals surface area contributed by atoms with Crippen molar-refractivity contribution in [2.75, 3.05) is 50.7 Å². The van der Waals surface area contributed by atoms with Crippen LogP contribution in [-0.4, -0.2) is 61.7 Å². The van der Waals surface area contributed by atoms with Gasteiger partial charge in [-0.1, -0.05) is 39.0 Å². The van der Waals surface area contributed by atoms with Crippen molar-refractivity contribution >= 4 is 18.1 Å². The van der Waals surface area contributed by atoms with E-state index in [2.05, 4.69) is 59.7 Å². The number of anilines is 1. The third kappa shape index (κ3) is 5.13. The van der Waals surface area contributed by atoms with Gasteiger partial charge < -0.3 is 10.6 Å². The Morgan fingerprint density at radius 3 is 2.38 bits per heavy atom. The zero-order chi connectivity index (χ0) is 17.9. The van der Waals surface area contributed by atoms with Crippen LogP contribution in [0.1, 0.15) is 39.2 Å². The smallest absolute Gasteiger partial charge is 0.0412 e. The molecule has 26 heavy (non-hydrogen) atoms. The Hall–Kier alpha value is -0.810. The molecule has 4 nitrogen and oxygen atoms in total. The zero-order valence-electron chi connectivity index (χ0n) is 16.8. The lowest BCUT2D eigenvalue weighted by molar-refractivity contribution is 0.0899. The maximum absolute atomic E-state index is 6.31. The molecule has 2 aliphatic rings. The number of rotatable bonds is 5. The molecule has 5 heteroatoms. The summed E-state index contributed by atoms with van der Waals surface area (Å²) in [5.41, 5.74) is 9.43. The van der Waals surface area contributed by atoms with Gasteiger partial charge in [-0.3, -0.25) is 9.80 Å². The first-order chi connectivity index (χ1) is 12.0. The van der Waals surface area contributed by atoms with Gasteiger partial charge in [-0.25, -0.2) is 0 Å². The Bertz CT molecular complexity index is 555.